The third-order valence-corrected chi connectivity index (χ3v) is 13.0. The number of Topliss-reactive ketones (excluding diaryl/α,β-unsaturated/α-hetero) is 2. The topological polar surface area (TPSA) is 50.3 Å². The van der Waals surface area contributed by atoms with E-state index >= 15 is 0 Å². The van der Waals surface area contributed by atoms with E-state index in [-0.39, 0.29) is 31.6 Å². The molecular formula is C27H14N2O2SSeSn. The first kappa shape index (κ1) is 20.6. The van der Waals surface area contributed by atoms with Gasteiger partial charge in [-0.15, -0.1) is 0 Å². The molecule has 3 aromatic heterocycles. The third kappa shape index (κ3) is 3.13. The van der Waals surface area contributed by atoms with Crippen LogP contribution in [0.5, 0.6) is 0 Å². The van der Waals surface area contributed by atoms with Crippen molar-refractivity contribution in [1.82, 2.24) is 4.98 Å². The number of hydrogen-bond donors (Lipinski definition) is 0. The van der Waals surface area contributed by atoms with E-state index in [1.54, 1.807) is 11.3 Å². The van der Waals surface area contributed by atoms with Gasteiger partial charge in [-0.1, -0.05) is 0 Å². The number of fused-ring (bicyclic) bond motifs is 4. The molecule has 5 aromatic rings. The molecule has 0 atom stereocenters. The molecule has 1 aliphatic carbocycles. The summed E-state index contributed by atoms with van der Waals surface area (Å²) in [7, 11) is 0. The molecule has 0 fully saturated rings. The quantitative estimate of drug-likeness (QED) is 0.164. The van der Waals surface area contributed by atoms with E-state index in [0.717, 1.165) is 20.3 Å². The van der Waals surface area contributed by atoms with Crippen LogP contribution in [0.4, 0.5) is 16.1 Å². The van der Waals surface area contributed by atoms with Crippen molar-refractivity contribution in [1.29, 1.82) is 0 Å². The van der Waals surface area contributed by atoms with Gasteiger partial charge in [0.05, 0.1) is 0 Å². The summed E-state index contributed by atoms with van der Waals surface area (Å²) in [6, 6.07) is 22.7. The number of nitrogens with zero attached hydrogens (tertiary/aromatic N) is 2. The van der Waals surface area contributed by atoms with E-state index in [1.807, 2.05) is 48.0 Å². The van der Waals surface area contributed by atoms with Gasteiger partial charge in [0.2, 0.25) is 0 Å². The van der Waals surface area contributed by atoms with Gasteiger partial charge in [0, 0.05) is 0 Å². The molecule has 2 aliphatic rings. The Labute approximate surface area is 215 Å². The van der Waals surface area contributed by atoms with Crippen LogP contribution in [-0.2, 0) is 0 Å². The Morgan fingerprint density at radius 3 is 2.65 bits per heavy atom. The minimum absolute atomic E-state index is 0.0486. The first-order valence-electron chi connectivity index (χ1n) is 10.7. The molecule has 0 N–H and O–H groups in total. The molecule has 2 radical (unpaired) electrons. The number of carbonyl (C=O) groups is 2. The minimum atomic E-state index is -0.904. The summed E-state index contributed by atoms with van der Waals surface area (Å²) in [4.78, 5) is 33.3. The molecule has 4 heterocycles. The third-order valence-electron chi connectivity index (χ3n) is 6.10. The predicted octanol–water partition coefficient (Wildman–Crippen LogP) is 4.25. The summed E-state index contributed by atoms with van der Waals surface area (Å²) >= 11 is 0.635. The van der Waals surface area contributed by atoms with Crippen LogP contribution in [0.2, 0.25) is 0 Å². The average Bonchev–Trinajstić information content (AvgIpc) is 3.57. The average molecular weight is 628 g/mol. The molecule has 7 heteroatoms. The number of anilines is 3. The summed E-state index contributed by atoms with van der Waals surface area (Å²) in [5.74, 6) is 0.702. The number of carbonyl (C=O) groups excluding carboxylic acids is 2. The summed E-state index contributed by atoms with van der Waals surface area (Å²) < 4.78 is 6.03. The van der Waals surface area contributed by atoms with E-state index in [2.05, 4.69) is 41.3 Å². The Bertz CT molecular complexity index is 1600. The molecule has 7 rings (SSSR count). The number of pyridine rings is 1. The second-order valence-corrected chi connectivity index (χ2v) is 15.1. The Hall–Kier alpha value is -2.77. The number of aromatic nitrogens is 1. The number of rotatable bonds is 2. The van der Waals surface area contributed by atoms with Crippen LogP contribution in [-0.4, -0.2) is 52.2 Å². The van der Waals surface area contributed by atoms with Gasteiger partial charge < -0.3 is 0 Å². The zero-order chi connectivity index (χ0) is 22.8. The maximum atomic E-state index is 13.1. The number of thiophene rings is 1. The van der Waals surface area contributed by atoms with Gasteiger partial charge in [-0.3, -0.25) is 0 Å². The summed E-state index contributed by atoms with van der Waals surface area (Å²) in [6.07, 6.45) is 3.67. The Morgan fingerprint density at radius 2 is 1.74 bits per heavy atom. The van der Waals surface area contributed by atoms with Gasteiger partial charge >= 0.3 is 217 Å². The molecule has 0 bridgehead atoms. The first-order valence-corrected chi connectivity index (χ1v) is 16.2. The fourth-order valence-corrected chi connectivity index (χ4v) is 11.0. The van der Waals surface area contributed by atoms with Gasteiger partial charge in [0.25, 0.3) is 0 Å². The van der Waals surface area contributed by atoms with Crippen molar-refractivity contribution < 1.29 is 9.59 Å². The van der Waals surface area contributed by atoms with Crippen molar-refractivity contribution >= 4 is 97.9 Å². The monoisotopic (exact) mass is 630 g/mol. The van der Waals surface area contributed by atoms with Crippen LogP contribution in [0.1, 0.15) is 25.2 Å². The van der Waals surface area contributed by atoms with Crippen LogP contribution in [0.3, 0.4) is 0 Å². The molecule has 2 aromatic carbocycles. The fraction of sp³-hybridized carbons (Fsp3) is 0. The summed E-state index contributed by atoms with van der Waals surface area (Å²) in [5.41, 5.74) is 2.55. The molecule has 0 saturated carbocycles. The number of benzene rings is 2. The molecule has 0 saturated heterocycles. The fourth-order valence-electron chi connectivity index (χ4n) is 4.52. The van der Waals surface area contributed by atoms with E-state index in [9.17, 15) is 9.59 Å². The van der Waals surface area contributed by atoms with Crippen molar-refractivity contribution in [3.05, 3.63) is 99.4 Å². The normalized spacial score (nSPS) is 15.6. The SMILES string of the molecule is O=C1/C(=C\c2ccc(N3c4cccc[c]4[Sn][c]4cccnc43)[se]2)C(=O)c2cc3sccc3cc21. The van der Waals surface area contributed by atoms with Crippen molar-refractivity contribution in [2.45, 2.75) is 0 Å². The molecule has 34 heavy (non-hydrogen) atoms. The summed E-state index contributed by atoms with van der Waals surface area (Å²) in [6.45, 7) is 0. The van der Waals surface area contributed by atoms with E-state index in [4.69, 9.17) is 4.98 Å². The van der Waals surface area contributed by atoms with Crippen LogP contribution in [0.25, 0.3) is 16.2 Å². The molecule has 0 amide bonds. The Morgan fingerprint density at radius 1 is 0.912 bits per heavy atom. The van der Waals surface area contributed by atoms with Gasteiger partial charge in [0.15, 0.2) is 0 Å². The van der Waals surface area contributed by atoms with Crippen LogP contribution >= 0.6 is 11.3 Å². The zero-order valence-electron chi connectivity index (χ0n) is 17.6. The van der Waals surface area contributed by atoms with E-state index < -0.39 is 21.1 Å². The second-order valence-electron chi connectivity index (χ2n) is 8.10. The van der Waals surface area contributed by atoms with Crippen molar-refractivity contribution in [2.24, 2.45) is 0 Å². The Kier molecular flexibility index (Phi) is 4.77. The second kappa shape index (κ2) is 7.88. The summed E-state index contributed by atoms with van der Waals surface area (Å²) in [5, 5.41) is 3.00. The molecule has 0 spiro atoms. The van der Waals surface area contributed by atoms with E-state index in [0.29, 0.717) is 11.1 Å². The maximum absolute atomic E-state index is 13.1. The zero-order valence-corrected chi connectivity index (χ0v) is 23.0. The van der Waals surface area contributed by atoms with Crippen molar-refractivity contribution in [3.8, 4) is 0 Å². The van der Waals surface area contributed by atoms with Gasteiger partial charge in [-0.05, 0) is 0 Å². The van der Waals surface area contributed by atoms with Gasteiger partial charge in [0.1, 0.15) is 0 Å². The molecular weight excluding hydrogens is 614 g/mol. The van der Waals surface area contributed by atoms with E-state index in [1.165, 1.54) is 17.4 Å². The van der Waals surface area contributed by atoms with Crippen molar-refractivity contribution in [2.75, 3.05) is 4.90 Å². The molecule has 160 valence electrons. The van der Waals surface area contributed by atoms with Gasteiger partial charge in [-0.2, -0.15) is 0 Å². The molecule has 4 nitrogen and oxygen atoms in total. The Balaban J connectivity index is 1.30. The number of ketones is 2. The predicted molar refractivity (Wildman–Crippen MR) is 139 cm³/mol. The van der Waals surface area contributed by atoms with Crippen LogP contribution in [0.15, 0.2) is 83.9 Å². The van der Waals surface area contributed by atoms with Crippen LogP contribution in [0, 0.1) is 0 Å². The standard InChI is InChI=1S/C27H14N2O2SSe.Sn/c30-26-20-14-17-11-13-32-23(17)16-21(20)27(31)22(26)15-19-9-10-25(33-19)29(18-6-2-1-3-7-18)24-8-4-5-12-28-24;/h1-6,9-16H;/b22-15+;. The van der Waals surface area contributed by atoms with Crippen molar-refractivity contribution in [3.63, 3.8) is 0 Å². The first-order chi connectivity index (χ1) is 16.7. The molecule has 0 unspecified atom stereocenters. The van der Waals surface area contributed by atoms with Crippen LogP contribution < -0.4 is 12.1 Å². The number of para-hydroxylation sites is 1. The molecule has 1 aliphatic heterocycles. The van der Waals surface area contributed by atoms with Gasteiger partial charge in [-0.25, -0.2) is 0 Å². The number of allylic oxidation sites excluding steroid dienone is 1. The number of hydrogen-bond acceptors (Lipinski definition) is 5.